The first-order chi connectivity index (χ1) is 8.08. The molecule has 2 rings (SSSR count). The van der Waals surface area contributed by atoms with Crippen LogP contribution in [0.4, 0.5) is 10.5 Å². The minimum Gasteiger partial charge on any atom is -0.444 e. The Bertz CT molecular complexity index is 418. The number of carbonyl (C=O) groups is 1. The number of cyclic esters (lactones) is 1. The van der Waals surface area contributed by atoms with Crippen LogP contribution in [0.3, 0.4) is 0 Å². The zero-order valence-electron chi connectivity index (χ0n) is 10.2. The van der Waals surface area contributed by atoms with Gasteiger partial charge in [0.25, 0.3) is 0 Å². The van der Waals surface area contributed by atoms with Crippen LogP contribution >= 0.6 is 0 Å². The van der Waals surface area contributed by atoms with E-state index >= 15 is 0 Å². The molecule has 1 amide bonds. The first-order valence-corrected chi connectivity index (χ1v) is 5.88. The molecule has 2 N–H and O–H groups in total. The number of carbonyl (C=O) groups excluding carboxylic acids is 1. The van der Waals surface area contributed by atoms with Crippen LogP contribution < -0.4 is 5.73 Å². The van der Waals surface area contributed by atoms with E-state index in [2.05, 4.69) is 0 Å². The summed E-state index contributed by atoms with van der Waals surface area (Å²) in [6, 6.07) is 7.87. The van der Waals surface area contributed by atoms with Gasteiger partial charge in [0.05, 0.1) is 6.54 Å². The normalized spacial score (nSPS) is 19.8. The zero-order valence-corrected chi connectivity index (χ0v) is 10.2. The fourth-order valence-electron chi connectivity index (χ4n) is 2.03. The molecule has 0 radical (unpaired) electrons. The topological polar surface area (TPSA) is 55.6 Å². The molecule has 1 aromatic carbocycles. The summed E-state index contributed by atoms with van der Waals surface area (Å²) in [4.78, 5) is 13.3. The van der Waals surface area contributed by atoms with Crippen molar-refractivity contribution in [3.8, 4) is 0 Å². The van der Waals surface area contributed by atoms with Crippen molar-refractivity contribution >= 4 is 11.8 Å². The number of hydrogen-bond acceptors (Lipinski definition) is 3. The number of benzene rings is 1. The van der Waals surface area contributed by atoms with Crippen molar-refractivity contribution in [2.24, 2.45) is 0 Å². The third kappa shape index (κ3) is 2.52. The molecule has 1 saturated heterocycles. The standard InChI is InChI=1S/C13H18N2O2/c1-9(2)15-8-11(17-13(15)16)7-10-5-3-4-6-12(10)14/h3-6,9,11H,7-8,14H2,1-2H3. The number of nitrogens with two attached hydrogens (primary N) is 1. The maximum atomic E-state index is 11.6. The number of para-hydroxylation sites is 1. The largest absolute Gasteiger partial charge is 0.444 e. The Labute approximate surface area is 101 Å². The number of ether oxygens (including phenoxy) is 1. The third-order valence-electron chi connectivity index (χ3n) is 3.03. The summed E-state index contributed by atoms with van der Waals surface area (Å²) in [5, 5.41) is 0. The molecule has 1 heterocycles. The van der Waals surface area contributed by atoms with Crippen molar-refractivity contribution in [3.63, 3.8) is 0 Å². The molecule has 1 unspecified atom stereocenters. The average Bonchev–Trinajstić information content (AvgIpc) is 2.63. The van der Waals surface area contributed by atoms with Crippen LogP contribution in [0, 0.1) is 0 Å². The van der Waals surface area contributed by atoms with Gasteiger partial charge in [-0.3, -0.25) is 0 Å². The highest BCUT2D eigenvalue weighted by Gasteiger charge is 2.32. The number of anilines is 1. The van der Waals surface area contributed by atoms with Gasteiger partial charge >= 0.3 is 6.09 Å². The van der Waals surface area contributed by atoms with Gasteiger partial charge in [-0.2, -0.15) is 0 Å². The van der Waals surface area contributed by atoms with Gasteiger partial charge in [-0.15, -0.1) is 0 Å². The molecule has 1 aliphatic rings. The maximum absolute atomic E-state index is 11.6. The Hall–Kier alpha value is -1.71. The SMILES string of the molecule is CC(C)N1CC(Cc2ccccc2N)OC1=O. The molecule has 1 fully saturated rings. The average molecular weight is 234 g/mol. The molecular weight excluding hydrogens is 216 g/mol. The number of hydrogen-bond donors (Lipinski definition) is 1. The Morgan fingerprint density at radius 1 is 1.47 bits per heavy atom. The lowest BCUT2D eigenvalue weighted by Crippen LogP contribution is -2.32. The van der Waals surface area contributed by atoms with Crippen molar-refractivity contribution in [2.45, 2.75) is 32.4 Å². The molecular formula is C13H18N2O2. The first-order valence-electron chi connectivity index (χ1n) is 5.88. The Morgan fingerprint density at radius 2 is 2.18 bits per heavy atom. The molecule has 4 heteroatoms. The minimum atomic E-state index is -0.223. The summed E-state index contributed by atoms with van der Waals surface area (Å²) in [6.45, 7) is 4.62. The van der Waals surface area contributed by atoms with E-state index in [1.807, 2.05) is 38.1 Å². The van der Waals surface area contributed by atoms with Gasteiger partial charge in [0.2, 0.25) is 0 Å². The van der Waals surface area contributed by atoms with Gasteiger partial charge in [-0.1, -0.05) is 18.2 Å². The Morgan fingerprint density at radius 3 is 2.76 bits per heavy atom. The lowest BCUT2D eigenvalue weighted by atomic mass is 10.1. The van der Waals surface area contributed by atoms with Crippen LogP contribution in [0.2, 0.25) is 0 Å². The van der Waals surface area contributed by atoms with E-state index in [9.17, 15) is 4.79 Å². The van der Waals surface area contributed by atoms with E-state index in [0.717, 1.165) is 11.3 Å². The van der Waals surface area contributed by atoms with E-state index in [-0.39, 0.29) is 18.2 Å². The summed E-state index contributed by atoms with van der Waals surface area (Å²) in [6.07, 6.45) is 0.371. The predicted molar refractivity (Wildman–Crippen MR) is 66.7 cm³/mol. The van der Waals surface area contributed by atoms with Crippen molar-refractivity contribution in [2.75, 3.05) is 12.3 Å². The molecule has 92 valence electrons. The Kier molecular flexibility index (Phi) is 3.22. The number of rotatable bonds is 3. The molecule has 4 nitrogen and oxygen atoms in total. The highest BCUT2D eigenvalue weighted by atomic mass is 16.6. The van der Waals surface area contributed by atoms with Crippen molar-refractivity contribution < 1.29 is 9.53 Å². The van der Waals surface area contributed by atoms with Crippen molar-refractivity contribution in [1.29, 1.82) is 0 Å². The lowest BCUT2D eigenvalue weighted by Gasteiger charge is -2.16. The number of nitrogens with zero attached hydrogens (tertiary/aromatic N) is 1. The molecule has 0 aromatic heterocycles. The summed E-state index contributed by atoms with van der Waals surface area (Å²) in [7, 11) is 0. The third-order valence-corrected chi connectivity index (χ3v) is 3.03. The van der Waals surface area contributed by atoms with Crippen LogP contribution in [0.15, 0.2) is 24.3 Å². The van der Waals surface area contributed by atoms with E-state index in [1.165, 1.54) is 0 Å². The van der Waals surface area contributed by atoms with Gasteiger partial charge < -0.3 is 15.4 Å². The molecule has 0 spiro atoms. The fraction of sp³-hybridized carbons (Fsp3) is 0.462. The van der Waals surface area contributed by atoms with Crippen LogP contribution in [-0.4, -0.2) is 29.7 Å². The highest BCUT2D eigenvalue weighted by molar-refractivity contribution is 5.70. The van der Waals surface area contributed by atoms with Gasteiger partial charge in [0.15, 0.2) is 0 Å². The second-order valence-electron chi connectivity index (χ2n) is 4.65. The van der Waals surface area contributed by atoms with Crippen molar-refractivity contribution in [3.05, 3.63) is 29.8 Å². The quantitative estimate of drug-likeness (QED) is 0.814. The zero-order chi connectivity index (χ0) is 12.4. The highest BCUT2D eigenvalue weighted by Crippen LogP contribution is 2.20. The smallest absolute Gasteiger partial charge is 0.410 e. The number of nitrogen functional groups attached to an aromatic ring is 1. The van der Waals surface area contributed by atoms with E-state index < -0.39 is 0 Å². The summed E-state index contributed by atoms with van der Waals surface area (Å²) >= 11 is 0. The van der Waals surface area contributed by atoms with Crippen molar-refractivity contribution in [1.82, 2.24) is 4.90 Å². The Balaban J connectivity index is 2.03. The number of amides is 1. The molecule has 1 aliphatic heterocycles. The van der Waals surface area contributed by atoms with Crippen LogP contribution in [0.1, 0.15) is 19.4 Å². The predicted octanol–water partition coefficient (Wildman–Crippen LogP) is 2.04. The second-order valence-corrected chi connectivity index (χ2v) is 4.65. The minimum absolute atomic E-state index is 0.0883. The van der Waals surface area contributed by atoms with Crippen LogP contribution in [-0.2, 0) is 11.2 Å². The van der Waals surface area contributed by atoms with Gasteiger partial charge in [0, 0.05) is 18.2 Å². The van der Waals surface area contributed by atoms with E-state index in [1.54, 1.807) is 4.90 Å². The molecule has 1 aromatic rings. The lowest BCUT2D eigenvalue weighted by molar-refractivity contribution is 0.129. The fourth-order valence-corrected chi connectivity index (χ4v) is 2.03. The van der Waals surface area contributed by atoms with Crippen LogP contribution in [0.5, 0.6) is 0 Å². The molecule has 1 atom stereocenters. The molecule has 0 aliphatic carbocycles. The molecule has 0 bridgehead atoms. The summed E-state index contributed by atoms with van der Waals surface area (Å²) < 4.78 is 5.33. The first kappa shape index (κ1) is 11.8. The van der Waals surface area contributed by atoms with Gasteiger partial charge in [0.1, 0.15) is 6.10 Å². The van der Waals surface area contributed by atoms with E-state index in [0.29, 0.717) is 13.0 Å². The summed E-state index contributed by atoms with van der Waals surface area (Å²) in [5.74, 6) is 0. The summed E-state index contributed by atoms with van der Waals surface area (Å²) in [5.41, 5.74) is 7.67. The van der Waals surface area contributed by atoms with Crippen LogP contribution in [0.25, 0.3) is 0 Å². The van der Waals surface area contributed by atoms with Gasteiger partial charge in [-0.05, 0) is 25.5 Å². The maximum Gasteiger partial charge on any atom is 0.410 e. The monoisotopic (exact) mass is 234 g/mol. The molecule has 17 heavy (non-hydrogen) atoms. The van der Waals surface area contributed by atoms with E-state index in [4.69, 9.17) is 10.5 Å². The molecule has 0 saturated carbocycles. The van der Waals surface area contributed by atoms with Gasteiger partial charge in [-0.25, -0.2) is 4.79 Å². The second kappa shape index (κ2) is 4.65.